The van der Waals surface area contributed by atoms with Gasteiger partial charge in [-0.1, -0.05) is 6.92 Å². The van der Waals surface area contributed by atoms with Gasteiger partial charge < -0.3 is 15.1 Å². The summed E-state index contributed by atoms with van der Waals surface area (Å²) in [5, 5.41) is 18.2. The molecule has 1 aliphatic rings. The second-order valence-corrected chi connectivity index (χ2v) is 4.43. The van der Waals surface area contributed by atoms with Crippen molar-refractivity contribution in [1.29, 1.82) is 0 Å². The number of likely N-dealkylation sites (tertiary alicyclic amines) is 1. The summed E-state index contributed by atoms with van der Waals surface area (Å²) < 4.78 is 0. The predicted molar refractivity (Wildman–Crippen MR) is 57.7 cm³/mol. The van der Waals surface area contributed by atoms with E-state index in [0.29, 0.717) is 6.54 Å². The van der Waals surface area contributed by atoms with Crippen LogP contribution in [0.2, 0.25) is 0 Å². The molecule has 0 amide bonds. The summed E-state index contributed by atoms with van der Waals surface area (Å²) in [6, 6.07) is 0. The van der Waals surface area contributed by atoms with E-state index in [4.69, 9.17) is 5.11 Å². The van der Waals surface area contributed by atoms with Gasteiger partial charge in [0.25, 0.3) is 0 Å². The van der Waals surface area contributed by atoms with Crippen LogP contribution in [0.1, 0.15) is 32.6 Å². The molecule has 0 aromatic carbocycles. The molecule has 0 aromatic rings. The Bertz CT molecular complexity index is 208. The van der Waals surface area contributed by atoms with Gasteiger partial charge in [-0.15, -0.1) is 0 Å². The van der Waals surface area contributed by atoms with Crippen LogP contribution in [0.15, 0.2) is 0 Å². The van der Waals surface area contributed by atoms with E-state index in [1.807, 2.05) is 6.92 Å². The van der Waals surface area contributed by atoms with Crippen LogP contribution >= 0.6 is 0 Å². The van der Waals surface area contributed by atoms with Crippen molar-refractivity contribution in [3.8, 4) is 0 Å². The lowest BCUT2D eigenvalue weighted by Crippen LogP contribution is -2.40. The quantitative estimate of drug-likeness (QED) is 0.716. The minimum atomic E-state index is -0.710. The fourth-order valence-corrected chi connectivity index (χ4v) is 2.16. The number of rotatable bonds is 5. The molecule has 1 fully saturated rings. The van der Waals surface area contributed by atoms with Crippen molar-refractivity contribution in [3.05, 3.63) is 0 Å². The normalized spacial score (nSPS) is 25.1. The van der Waals surface area contributed by atoms with E-state index < -0.39 is 5.97 Å². The zero-order chi connectivity index (χ0) is 11.3. The first-order valence-electron chi connectivity index (χ1n) is 5.74. The van der Waals surface area contributed by atoms with Gasteiger partial charge in [0.1, 0.15) is 0 Å². The highest BCUT2D eigenvalue weighted by Gasteiger charge is 2.22. The molecule has 1 rings (SSSR count). The number of aliphatic carboxylic acids is 1. The molecule has 2 atom stereocenters. The number of β-amino-alcohol motifs (C(OH)–C–C–N with tert-alkyl or cyclic N) is 1. The molecule has 0 aromatic heterocycles. The van der Waals surface area contributed by atoms with Gasteiger partial charge in [0.05, 0.1) is 6.10 Å². The van der Waals surface area contributed by atoms with Crippen molar-refractivity contribution in [2.24, 2.45) is 5.92 Å². The first-order chi connectivity index (χ1) is 7.11. The average Bonchev–Trinajstić information content (AvgIpc) is 2.17. The molecule has 0 radical (unpaired) electrons. The van der Waals surface area contributed by atoms with Gasteiger partial charge in [0.15, 0.2) is 0 Å². The van der Waals surface area contributed by atoms with Crippen LogP contribution in [0.4, 0.5) is 0 Å². The zero-order valence-corrected chi connectivity index (χ0v) is 9.35. The number of carbonyl (C=O) groups is 1. The maximum atomic E-state index is 10.6. The first kappa shape index (κ1) is 12.5. The van der Waals surface area contributed by atoms with Gasteiger partial charge in [0.2, 0.25) is 0 Å². The lowest BCUT2D eigenvalue weighted by Gasteiger charge is -2.33. The second kappa shape index (κ2) is 6.08. The second-order valence-electron chi connectivity index (χ2n) is 4.43. The molecule has 0 saturated carbocycles. The lowest BCUT2D eigenvalue weighted by atomic mass is 9.94. The number of carboxylic acid groups (broad SMARTS) is 1. The fourth-order valence-electron chi connectivity index (χ4n) is 2.16. The summed E-state index contributed by atoms with van der Waals surface area (Å²) in [5.41, 5.74) is 0. The Balaban J connectivity index is 2.31. The third-order valence-corrected chi connectivity index (χ3v) is 3.01. The molecule has 0 aliphatic carbocycles. The van der Waals surface area contributed by atoms with E-state index in [-0.39, 0.29) is 18.4 Å². The van der Waals surface area contributed by atoms with Gasteiger partial charge in [-0.05, 0) is 31.7 Å². The van der Waals surface area contributed by atoms with E-state index >= 15 is 0 Å². The Morgan fingerprint density at radius 1 is 1.60 bits per heavy atom. The van der Waals surface area contributed by atoms with Crippen LogP contribution in [-0.2, 0) is 4.79 Å². The molecule has 2 N–H and O–H groups in total. The van der Waals surface area contributed by atoms with Gasteiger partial charge >= 0.3 is 5.97 Å². The Labute approximate surface area is 90.9 Å². The standard InChI is InChI=1S/C11H21NO3/c1-2-10(13)8-12-5-3-4-9(7-12)6-11(14)15/h9-10,13H,2-8H2,1H3,(H,14,15). The van der Waals surface area contributed by atoms with Gasteiger partial charge in [-0.3, -0.25) is 4.79 Å². The monoisotopic (exact) mass is 215 g/mol. The maximum Gasteiger partial charge on any atom is 0.303 e. The molecule has 0 bridgehead atoms. The first-order valence-corrected chi connectivity index (χ1v) is 5.74. The van der Waals surface area contributed by atoms with Crippen molar-refractivity contribution in [2.45, 2.75) is 38.7 Å². The summed E-state index contributed by atoms with van der Waals surface area (Å²) >= 11 is 0. The number of nitrogens with zero attached hydrogens (tertiary/aromatic N) is 1. The van der Waals surface area contributed by atoms with Crippen LogP contribution < -0.4 is 0 Å². The van der Waals surface area contributed by atoms with Crippen molar-refractivity contribution >= 4 is 5.97 Å². The average molecular weight is 215 g/mol. The number of hydrogen-bond acceptors (Lipinski definition) is 3. The Morgan fingerprint density at radius 3 is 2.93 bits per heavy atom. The smallest absolute Gasteiger partial charge is 0.303 e. The number of piperidine rings is 1. The SMILES string of the molecule is CCC(O)CN1CCCC(CC(=O)O)C1. The summed E-state index contributed by atoms with van der Waals surface area (Å²) in [4.78, 5) is 12.8. The molecular weight excluding hydrogens is 194 g/mol. The molecule has 1 aliphatic heterocycles. The third kappa shape index (κ3) is 4.62. The summed E-state index contributed by atoms with van der Waals surface area (Å²) in [6.45, 7) is 4.46. The van der Waals surface area contributed by atoms with E-state index in [0.717, 1.165) is 32.4 Å². The molecule has 4 heteroatoms. The number of aliphatic hydroxyl groups excluding tert-OH is 1. The Kier molecular flexibility index (Phi) is 5.05. The van der Waals surface area contributed by atoms with Crippen LogP contribution in [0.5, 0.6) is 0 Å². The Hall–Kier alpha value is -0.610. The van der Waals surface area contributed by atoms with E-state index in [1.54, 1.807) is 0 Å². The topological polar surface area (TPSA) is 60.8 Å². The molecule has 1 saturated heterocycles. The largest absolute Gasteiger partial charge is 0.481 e. The summed E-state index contributed by atoms with van der Waals surface area (Å²) in [6.07, 6.45) is 2.81. The van der Waals surface area contributed by atoms with E-state index in [1.165, 1.54) is 0 Å². The maximum absolute atomic E-state index is 10.6. The molecular formula is C11H21NO3. The molecule has 88 valence electrons. The number of aliphatic hydroxyl groups is 1. The van der Waals surface area contributed by atoms with E-state index in [9.17, 15) is 9.90 Å². The minimum Gasteiger partial charge on any atom is -0.481 e. The van der Waals surface area contributed by atoms with Crippen molar-refractivity contribution in [2.75, 3.05) is 19.6 Å². The van der Waals surface area contributed by atoms with E-state index in [2.05, 4.69) is 4.90 Å². The van der Waals surface area contributed by atoms with Gasteiger partial charge in [0, 0.05) is 19.5 Å². The number of hydrogen-bond donors (Lipinski definition) is 2. The molecule has 0 spiro atoms. The Morgan fingerprint density at radius 2 is 2.33 bits per heavy atom. The highest BCUT2D eigenvalue weighted by atomic mass is 16.4. The van der Waals surface area contributed by atoms with Crippen molar-refractivity contribution in [3.63, 3.8) is 0 Å². The fraction of sp³-hybridized carbons (Fsp3) is 0.909. The van der Waals surface area contributed by atoms with Crippen molar-refractivity contribution in [1.82, 2.24) is 4.90 Å². The van der Waals surface area contributed by atoms with Crippen molar-refractivity contribution < 1.29 is 15.0 Å². The molecule has 1 heterocycles. The molecule has 15 heavy (non-hydrogen) atoms. The zero-order valence-electron chi connectivity index (χ0n) is 9.35. The highest BCUT2D eigenvalue weighted by Crippen LogP contribution is 2.19. The lowest BCUT2D eigenvalue weighted by molar-refractivity contribution is -0.138. The summed E-state index contributed by atoms with van der Waals surface area (Å²) in [7, 11) is 0. The number of carboxylic acids is 1. The third-order valence-electron chi connectivity index (χ3n) is 3.01. The van der Waals surface area contributed by atoms with Crippen LogP contribution in [-0.4, -0.2) is 46.8 Å². The van der Waals surface area contributed by atoms with Crippen LogP contribution in [0, 0.1) is 5.92 Å². The minimum absolute atomic E-state index is 0.263. The molecule has 2 unspecified atom stereocenters. The van der Waals surface area contributed by atoms with Gasteiger partial charge in [-0.2, -0.15) is 0 Å². The highest BCUT2D eigenvalue weighted by molar-refractivity contribution is 5.67. The summed E-state index contributed by atoms with van der Waals surface area (Å²) in [5.74, 6) is -0.446. The molecule has 4 nitrogen and oxygen atoms in total. The van der Waals surface area contributed by atoms with Crippen LogP contribution in [0.3, 0.4) is 0 Å². The predicted octanol–water partition coefficient (Wildman–Crippen LogP) is 0.944. The van der Waals surface area contributed by atoms with Crippen LogP contribution in [0.25, 0.3) is 0 Å². The van der Waals surface area contributed by atoms with Gasteiger partial charge in [-0.25, -0.2) is 0 Å².